The third-order valence-electron chi connectivity index (χ3n) is 9.43. The number of benzene rings is 5. The first kappa shape index (κ1) is 31.7. The molecule has 8 rings (SSSR count). The van der Waals surface area contributed by atoms with Gasteiger partial charge in [-0.2, -0.15) is 0 Å². The molecule has 0 saturated heterocycles. The van der Waals surface area contributed by atoms with Gasteiger partial charge in [0.1, 0.15) is 5.58 Å². The van der Waals surface area contributed by atoms with Crippen molar-refractivity contribution in [3.05, 3.63) is 163 Å². The van der Waals surface area contributed by atoms with E-state index in [0.29, 0.717) is 16.8 Å². The van der Waals surface area contributed by atoms with Gasteiger partial charge in [0.2, 0.25) is 0 Å². The van der Waals surface area contributed by atoms with E-state index in [4.69, 9.17) is 12.6 Å². The third kappa shape index (κ3) is 8.37. The third-order valence-corrected chi connectivity index (χ3v) is 13.7. The number of hydrogen-bond acceptors (Lipinski definition) is 3. The summed E-state index contributed by atoms with van der Waals surface area (Å²) in [5.41, 5.74) is 10.2. The first-order chi connectivity index (χ1) is 27.8. The number of nitrogens with zero attached hydrogens (tertiary/aromatic N) is 2. The molecule has 1 radical (unpaired) electrons. The van der Waals surface area contributed by atoms with Crippen molar-refractivity contribution >= 4 is 39.6 Å². The van der Waals surface area contributed by atoms with E-state index in [1.165, 1.54) is 27.9 Å². The topological polar surface area (TPSA) is 38.9 Å². The van der Waals surface area contributed by atoms with Gasteiger partial charge in [0.15, 0.2) is 0 Å². The summed E-state index contributed by atoms with van der Waals surface area (Å²) >= 11 is -1.97. The molecule has 5 aromatic carbocycles. The van der Waals surface area contributed by atoms with E-state index < -0.39 is 27.0 Å². The Morgan fingerprint density at radius 2 is 1.43 bits per heavy atom. The molecule has 0 aliphatic heterocycles. The molecule has 0 atom stereocenters. The fourth-order valence-corrected chi connectivity index (χ4v) is 9.01. The van der Waals surface area contributed by atoms with Crippen LogP contribution in [0.5, 0.6) is 0 Å². The Labute approximate surface area is 345 Å². The van der Waals surface area contributed by atoms with Crippen LogP contribution in [-0.2, 0) is 25.5 Å². The van der Waals surface area contributed by atoms with E-state index in [-0.39, 0.29) is 36.6 Å². The number of fused-ring (bicyclic) bond motifs is 3. The van der Waals surface area contributed by atoms with Gasteiger partial charge in [0, 0.05) is 35.8 Å². The fourth-order valence-electron chi connectivity index (χ4n) is 6.57. The molecule has 5 heteroatoms. The summed E-state index contributed by atoms with van der Waals surface area (Å²) in [7, 11) is 0. The summed E-state index contributed by atoms with van der Waals surface area (Å²) in [6, 6.07) is 46.2. The zero-order valence-electron chi connectivity index (χ0n) is 37.3. The summed E-state index contributed by atoms with van der Waals surface area (Å²) < 4.78 is 54.0. The molecule has 0 aliphatic carbocycles. The van der Waals surface area contributed by atoms with E-state index in [2.05, 4.69) is 115 Å². The van der Waals surface area contributed by atoms with E-state index >= 15 is 0 Å². The molecule has 0 bridgehead atoms. The number of hydrogen-bond donors (Lipinski definition) is 0. The molecule has 3 heterocycles. The molecule has 8 aromatic rings. The van der Waals surface area contributed by atoms with E-state index in [1.54, 1.807) is 12.1 Å². The molecule has 273 valence electrons. The number of furan rings is 1. The molecule has 0 amide bonds. The number of rotatable bonds is 5. The van der Waals surface area contributed by atoms with Crippen LogP contribution in [0.4, 0.5) is 0 Å². The molecule has 0 saturated carbocycles. The minimum absolute atomic E-state index is 0. The molecule has 0 unspecified atom stereocenters. The summed E-state index contributed by atoms with van der Waals surface area (Å²) in [5.74, 6) is 7.04. The van der Waals surface area contributed by atoms with Gasteiger partial charge in [-0.15, -0.1) is 18.2 Å². The van der Waals surface area contributed by atoms with Crippen LogP contribution in [0.3, 0.4) is 0 Å². The van der Waals surface area contributed by atoms with Crippen molar-refractivity contribution in [1.82, 2.24) is 9.97 Å². The molecule has 0 aliphatic rings. The molecule has 0 fully saturated rings. The Hall–Kier alpha value is -4.61. The van der Waals surface area contributed by atoms with E-state index in [0.717, 1.165) is 44.3 Å². The molecule has 3 nitrogen and oxygen atoms in total. The Kier molecular flexibility index (Phi) is 9.40. The van der Waals surface area contributed by atoms with Crippen LogP contribution in [0.25, 0.3) is 66.7 Å². The Balaban J connectivity index is 0.000000204. The molecule has 0 N–H and O–H groups in total. The molecular weight excluding hydrogens is 897 g/mol. The molecular formula is C49H46GeIrN2O-2. The largest absolute Gasteiger partial charge is 0 e. The van der Waals surface area contributed by atoms with Crippen LogP contribution in [-0.4, -0.2) is 23.2 Å². The van der Waals surface area contributed by atoms with E-state index in [1.807, 2.05) is 54.6 Å². The predicted octanol–water partition coefficient (Wildman–Crippen LogP) is 12.8. The second kappa shape index (κ2) is 16.0. The van der Waals surface area contributed by atoms with Gasteiger partial charge in [0.25, 0.3) is 0 Å². The smallest absolute Gasteiger partial charge is 0 e. The quantitative estimate of drug-likeness (QED) is 0.127. The van der Waals surface area contributed by atoms with Gasteiger partial charge >= 0.3 is 146 Å². The predicted molar refractivity (Wildman–Crippen MR) is 226 cm³/mol. The minimum atomic E-state index is -2.21. The average Bonchev–Trinajstić information content (AvgIpc) is 3.58. The van der Waals surface area contributed by atoms with Crippen molar-refractivity contribution in [1.29, 1.82) is 0 Å². The Bertz CT molecular complexity index is 2770. The Morgan fingerprint density at radius 1 is 0.667 bits per heavy atom. The van der Waals surface area contributed by atoms with Crippen molar-refractivity contribution in [2.24, 2.45) is 0 Å². The molecule has 0 spiro atoms. The SMILES string of the molecule is [2H]C([2H])([2H])c1ccc(-c2[c-]ccc3c2oc2cc(-c4ccccc4C(C)(C)C)ccc23)nc1.[2H]C([2H])([2H])c1cnc(-c2[c-]cc[c]([Ge]([CH3])([CH3])[CH3])c2)cc1-c1ccccc1.[Ir]. The number of pyridine rings is 2. The van der Waals surface area contributed by atoms with Crippen LogP contribution in [0, 0.1) is 25.8 Å². The standard InChI is InChI=1S/C28H24NO.C21H22GeN.Ir/c1-18-12-15-25(29-17-18)23-10-7-9-22-21-14-13-19(16-26(21)30-27(22)23)20-8-5-6-11-24(20)28(2,3)4;1-16-15-23-21(14-20(16)17-9-6-5-7-10-17)18-11-8-12-19(13-18)22(2,3)4;/h5-9,11-17H,1-4H3;5-10,12-15H,1-4H3;/q2*-1;/i2*1D3;. The zero-order chi connectivity index (χ0) is 42.3. The van der Waals surface area contributed by atoms with Gasteiger partial charge in [-0.1, -0.05) is 80.3 Å². The zero-order valence-corrected chi connectivity index (χ0v) is 35.8. The fraction of sp³-hybridized carbons (Fsp3) is 0.184. The van der Waals surface area contributed by atoms with Crippen molar-refractivity contribution in [2.75, 3.05) is 0 Å². The van der Waals surface area contributed by atoms with Crippen LogP contribution in [0.15, 0.2) is 138 Å². The van der Waals surface area contributed by atoms with Crippen molar-refractivity contribution in [3.63, 3.8) is 0 Å². The van der Waals surface area contributed by atoms with Gasteiger partial charge < -0.3 is 9.40 Å². The Morgan fingerprint density at radius 3 is 2.15 bits per heavy atom. The van der Waals surface area contributed by atoms with Crippen LogP contribution < -0.4 is 4.40 Å². The van der Waals surface area contributed by atoms with Crippen LogP contribution in [0.1, 0.15) is 45.7 Å². The maximum absolute atomic E-state index is 7.85. The van der Waals surface area contributed by atoms with Gasteiger partial charge in [-0.05, 0) is 46.3 Å². The minimum Gasteiger partial charge on any atom is 0 e. The summed E-state index contributed by atoms with van der Waals surface area (Å²) in [6.07, 6.45) is 2.89. The normalized spacial score (nSPS) is 13.7. The first-order valence-electron chi connectivity index (χ1n) is 20.8. The number of aromatic nitrogens is 2. The number of aryl methyl sites for hydroxylation is 2. The van der Waals surface area contributed by atoms with Gasteiger partial charge in [-0.25, -0.2) is 0 Å². The van der Waals surface area contributed by atoms with Crippen molar-refractivity contribution in [2.45, 2.75) is 57.2 Å². The molecule has 3 aromatic heterocycles. The summed E-state index contributed by atoms with van der Waals surface area (Å²) in [6.45, 7) is 2.28. The molecule has 54 heavy (non-hydrogen) atoms. The second-order valence-corrected chi connectivity index (χ2v) is 26.0. The monoisotopic (exact) mass is 951 g/mol. The van der Waals surface area contributed by atoms with Crippen LogP contribution in [0.2, 0.25) is 17.3 Å². The summed E-state index contributed by atoms with van der Waals surface area (Å²) in [5, 5.41) is 2.01. The maximum atomic E-state index is 7.85. The van der Waals surface area contributed by atoms with E-state index in [9.17, 15) is 0 Å². The van der Waals surface area contributed by atoms with Gasteiger partial charge in [0.05, 0.1) is 5.58 Å². The van der Waals surface area contributed by atoms with Crippen molar-refractivity contribution < 1.29 is 32.7 Å². The second-order valence-electron chi connectivity index (χ2n) is 15.4. The van der Waals surface area contributed by atoms with Gasteiger partial charge in [-0.3, -0.25) is 0 Å². The van der Waals surface area contributed by atoms with Crippen molar-refractivity contribution in [3.8, 4) is 44.8 Å². The maximum Gasteiger partial charge on any atom is 0 e. The average molecular weight is 950 g/mol. The first-order valence-corrected chi connectivity index (χ1v) is 25.2. The summed E-state index contributed by atoms with van der Waals surface area (Å²) in [4.78, 5) is 8.84. The van der Waals surface area contributed by atoms with Crippen LogP contribution >= 0.6 is 0 Å².